The zero-order valence-corrected chi connectivity index (χ0v) is 29.1. The summed E-state index contributed by atoms with van der Waals surface area (Å²) in [5.74, 6) is 2.70. The number of likely N-dealkylation sites (N-methyl/N-ethyl adjacent to an activating group) is 2. The fraction of sp³-hybridized carbons (Fsp3) is 0.486. The molecule has 0 bridgehead atoms. The van der Waals surface area contributed by atoms with Gasteiger partial charge < -0.3 is 48.4 Å². The first kappa shape index (κ1) is 32.7. The summed E-state index contributed by atoms with van der Waals surface area (Å²) in [6.45, 7) is 6.71. The van der Waals surface area contributed by atoms with Crippen LogP contribution in [0.5, 0.6) is 17.2 Å². The Morgan fingerprint density at radius 3 is 1.84 bits per heavy atom. The lowest BCUT2D eigenvalue weighted by Crippen LogP contribution is -2.51. The summed E-state index contributed by atoms with van der Waals surface area (Å²) in [6, 6.07) is 10.7. The molecule has 260 valence electrons. The van der Waals surface area contributed by atoms with Gasteiger partial charge in [-0.05, 0) is 43.4 Å². The van der Waals surface area contributed by atoms with E-state index < -0.39 is 12.1 Å². The Kier molecular flexibility index (Phi) is 9.07. The second-order valence-electron chi connectivity index (χ2n) is 12.9. The van der Waals surface area contributed by atoms with E-state index in [-0.39, 0.29) is 5.97 Å². The number of ether oxygens (including phenoxy) is 4. The molecule has 0 saturated carbocycles. The van der Waals surface area contributed by atoms with Crippen molar-refractivity contribution in [2.24, 2.45) is 0 Å². The highest BCUT2D eigenvalue weighted by molar-refractivity contribution is 5.89. The number of esters is 1. The first-order valence-corrected chi connectivity index (χ1v) is 16.7. The average Bonchev–Trinajstić information content (AvgIpc) is 3.51. The third-order valence-corrected chi connectivity index (χ3v) is 10.0. The number of carbonyl (C=O) groups is 1. The molecule has 2 atom stereocenters. The molecule has 49 heavy (non-hydrogen) atoms. The van der Waals surface area contributed by atoms with Crippen molar-refractivity contribution >= 4 is 34.7 Å². The smallest absolute Gasteiger partial charge is 0.328 e. The molecule has 14 nitrogen and oxygen atoms in total. The second-order valence-corrected chi connectivity index (χ2v) is 12.9. The van der Waals surface area contributed by atoms with Crippen molar-refractivity contribution < 1.29 is 23.7 Å². The number of hydrogen-bond donors (Lipinski definition) is 1. The molecule has 1 N–H and O–H groups in total. The van der Waals surface area contributed by atoms with Crippen LogP contribution in [0.1, 0.15) is 22.9 Å². The van der Waals surface area contributed by atoms with Crippen molar-refractivity contribution in [3.05, 3.63) is 53.2 Å². The number of nitrogens with one attached hydrogen (secondary N) is 1. The molecule has 7 rings (SSSR count). The van der Waals surface area contributed by atoms with Gasteiger partial charge in [-0.2, -0.15) is 15.0 Å². The quantitative estimate of drug-likeness (QED) is 0.276. The fourth-order valence-electron chi connectivity index (χ4n) is 7.21. The molecular formula is C35H45N9O5. The average molecular weight is 672 g/mol. The zero-order chi connectivity index (χ0) is 34.2. The van der Waals surface area contributed by atoms with E-state index in [2.05, 4.69) is 50.8 Å². The molecule has 2 aromatic heterocycles. The number of rotatable bonds is 8. The number of aromatic amines is 1. The minimum absolute atomic E-state index is 0.379. The summed E-state index contributed by atoms with van der Waals surface area (Å²) in [5.41, 5.74) is 3.74. The topological polar surface area (TPSA) is 125 Å². The Hall–Kier alpha value is -4.82. The number of carbonyl (C=O) groups excluding carboxylic acids is 1. The van der Waals surface area contributed by atoms with Crippen LogP contribution < -0.4 is 28.9 Å². The van der Waals surface area contributed by atoms with Crippen LogP contribution in [0.15, 0.2) is 36.4 Å². The molecule has 0 spiro atoms. The maximum absolute atomic E-state index is 13.9. The molecular weight excluding hydrogens is 626 g/mol. The van der Waals surface area contributed by atoms with E-state index in [1.54, 1.807) is 21.3 Å². The Balaban J connectivity index is 1.47. The fourth-order valence-corrected chi connectivity index (χ4v) is 7.21. The van der Waals surface area contributed by atoms with Crippen molar-refractivity contribution in [1.29, 1.82) is 0 Å². The van der Waals surface area contributed by atoms with Crippen LogP contribution in [0.4, 0.5) is 17.8 Å². The maximum Gasteiger partial charge on any atom is 0.328 e. The van der Waals surface area contributed by atoms with Crippen molar-refractivity contribution in [2.75, 3.05) is 110 Å². The number of anilines is 3. The van der Waals surface area contributed by atoms with Gasteiger partial charge in [0.1, 0.15) is 6.04 Å². The van der Waals surface area contributed by atoms with Gasteiger partial charge in [-0.1, -0.05) is 18.2 Å². The van der Waals surface area contributed by atoms with Crippen molar-refractivity contribution in [1.82, 2.24) is 29.7 Å². The van der Waals surface area contributed by atoms with Crippen molar-refractivity contribution in [2.45, 2.75) is 18.5 Å². The SMILES string of the molecule is COC(=O)[C@H]1Cc2c([nH]c3ccccc23)[C@H](c2cc(OC)c(OC)c(OC)c2)N1c1nc(N2CCN(C)CC2)nc(N2CCN(C)CC2)n1. The van der Waals surface area contributed by atoms with Gasteiger partial charge in [0, 0.05) is 75.4 Å². The van der Waals surface area contributed by atoms with Crippen LogP contribution >= 0.6 is 0 Å². The van der Waals surface area contributed by atoms with Gasteiger partial charge >= 0.3 is 5.97 Å². The second kappa shape index (κ2) is 13.6. The van der Waals surface area contributed by atoms with E-state index >= 15 is 0 Å². The molecule has 0 amide bonds. The summed E-state index contributed by atoms with van der Waals surface area (Å²) >= 11 is 0. The number of hydrogen-bond acceptors (Lipinski definition) is 13. The number of piperazine rings is 2. The number of para-hydroxylation sites is 1. The molecule has 2 aromatic carbocycles. The molecule has 2 fully saturated rings. The standard InChI is InChI=1S/C35H45N9O5/c1-40-11-15-42(16-12-40)33-37-34(43-17-13-41(2)14-18-43)39-35(38-33)44-26(32(45)49-6)21-24-23-9-7-8-10-25(23)36-29(24)30(44)22-19-27(46-3)31(48-5)28(20-22)47-4/h7-10,19-20,26,30,36H,11-18,21H2,1-6H3/t26-,30+/m1/s1. The highest BCUT2D eigenvalue weighted by Crippen LogP contribution is 2.47. The molecule has 0 radical (unpaired) electrons. The number of aromatic nitrogens is 4. The van der Waals surface area contributed by atoms with Crippen LogP contribution in [-0.4, -0.2) is 137 Å². The molecule has 3 aliphatic rings. The largest absolute Gasteiger partial charge is 0.493 e. The minimum Gasteiger partial charge on any atom is -0.493 e. The zero-order valence-electron chi connectivity index (χ0n) is 29.1. The molecule has 0 aliphatic carbocycles. The van der Waals surface area contributed by atoms with Gasteiger partial charge in [0.15, 0.2) is 11.5 Å². The van der Waals surface area contributed by atoms with E-state index in [0.29, 0.717) is 41.5 Å². The van der Waals surface area contributed by atoms with Gasteiger partial charge in [0.25, 0.3) is 0 Å². The van der Waals surface area contributed by atoms with E-state index in [4.69, 9.17) is 33.9 Å². The summed E-state index contributed by atoms with van der Waals surface area (Å²) in [5, 5.41) is 1.05. The molecule has 14 heteroatoms. The highest BCUT2D eigenvalue weighted by atomic mass is 16.5. The van der Waals surface area contributed by atoms with E-state index in [0.717, 1.165) is 80.1 Å². The van der Waals surface area contributed by atoms with Crippen molar-refractivity contribution in [3.8, 4) is 17.2 Å². The first-order valence-electron chi connectivity index (χ1n) is 16.7. The predicted octanol–water partition coefficient (Wildman–Crippen LogP) is 2.58. The Morgan fingerprint density at radius 1 is 0.755 bits per heavy atom. The van der Waals surface area contributed by atoms with Gasteiger partial charge in [0.05, 0.1) is 34.5 Å². The van der Waals surface area contributed by atoms with E-state index in [9.17, 15) is 4.79 Å². The van der Waals surface area contributed by atoms with Crippen molar-refractivity contribution in [3.63, 3.8) is 0 Å². The lowest BCUT2D eigenvalue weighted by Gasteiger charge is -2.42. The number of fused-ring (bicyclic) bond motifs is 3. The number of nitrogens with zero attached hydrogens (tertiary/aromatic N) is 8. The molecule has 3 aliphatic heterocycles. The van der Waals surface area contributed by atoms with Gasteiger partial charge in [0.2, 0.25) is 23.6 Å². The minimum atomic E-state index is -0.746. The summed E-state index contributed by atoms with van der Waals surface area (Å²) in [4.78, 5) is 44.1. The van der Waals surface area contributed by atoms with Crippen LogP contribution in [0, 0.1) is 0 Å². The van der Waals surface area contributed by atoms with Crippen LogP contribution in [0.2, 0.25) is 0 Å². The Labute approximate surface area is 286 Å². The number of methoxy groups -OCH3 is 4. The maximum atomic E-state index is 13.9. The normalized spacial score (nSPS) is 20.3. The van der Waals surface area contributed by atoms with Gasteiger partial charge in [-0.25, -0.2) is 4.79 Å². The summed E-state index contributed by atoms with van der Waals surface area (Å²) < 4.78 is 22.8. The summed E-state index contributed by atoms with van der Waals surface area (Å²) in [7, 11) is 10.5. The van der Waals surface area contributed by atoms with Gasteiger partial charge in [-0.3, -0.25) is 0 Å². The molecule has 5 heterocycles. The van der Waals surface area contributed by atoms with E-state index in [1.165, 1.54) is 7.11 Å². The Morgan fingerprint density at radius 2 is 1.31 bits per heavy atom. The van der Waals surface area contributed by atoms with Gasteiger partial charge in [-0.15, -0.1) is 0 Å². The monoisotopic (exact) mass is 671 g/mol. The molecule has 4 aromatic rings. The Bertz CT molecular complexity index is 1750. The highest BCUT2D eigenvalue weighted by Gasteiger charge is 2.44. The van der Waals surface area contributed by atoms with E-state index in [1.807, 2.05) is 29.2 Å². The molecule has 0 unspecified atom stereocenters. The number of H-pyrrole nitrogens is 1. The van der Waals surface area contributed by atoms with Crippen LogP contribution in [-0.2, 0) is 16.0 Å². The van der Waals surface area contributed by atoms with Crippen LogP contribution in [0.3, 0.4) is 0 Å². The lowest BCUT2D eigenvalue weighted by molar-refractivity contribution is -0.142. The third-order valence-electron chi connectivity index (χ3n) is 10.0. The lowest BCUT2D eigenvalue weighted by atomic mass is 9.88. The number of benzene rings is 2. The predicted molar refractivity (Wildman–Crippen MR) is 187 cm³/mol. The third kappa shape index (κ3) is 6.03. The first-order chi connectivity index (χ1) is 23.8. The summed E-state index contributed by atoms with van der Waals surface area (Å²) in [6.07, 6.45) is 0.395. The molecule has 2 saturated heterocycles. The van der Waals surface area contributed by atoms with Crippen LogP contribution in [0.25, 0.3) is 10.9 Å².